The fourth-order valence-electron chi connectivity index (χ4n) is 1.86. The second-order valence-electron chi connectivity index (χ2n) is 4.36. The lowest BCUT2D eigenvalue weighted by atomic mass is 10.0. The van der Waals surface area contributed by atoms with E-state index in [1.54, 1.807) is 12.4 Å². The Kier molecular flexibility index (Phi) is 6.82. The Labute approximate surface area is 98.7 Å². The molecule has 1 N–H and O–H groups in total. The van der Waals surface area contributed by atoms with E-state index in [2.05, 4.69) is 11.9 Å². The molecule has 16 heavy (non-hydrogen) atoms. The summed E-state index contributed by atoms with van der Waals surface area (Å²) in [5.74, 6) is 0. The molecule has 0 aromatic carbocycles. The molecule has 1 atom stereocenters. The largest absolute Gasteiger partial charge is 0.388 e. The van der Waals surface area contributed by atoms with Crippen molar-refractivity contribution < 1.29 is 5.11 Å². The fourth-order valence-corrected chi connectivity index (χ4v) is 1.86. The normalized spacial score (nSPS) is 12.6. The van der Waals surface area contributed by atoms with E-state index in [1.165, 1.54) is 32.1 Å². The zero-order chi connectivity index (χ0) is 11.6. The summed E-state index contributed by atoms with van der Waals surface area (Å²) in [5.41, 5.74) is 0.941. The number of nitrogens with zero attached hydrogens (tertiary/aromatic N) is 1. The topological polar surface area (TPSA) is 33.1 Å². The second kappa shape index (κ2) is 8.28. The molecule has 1 heterocycles. The maximum absolute atomic E-state index is 9.88. The first-order valence-corrected chi connectivity index (χ1v) is 6.42. The molecule has 1 aromatic rings. The molecule has 2 heteroatoms. The molecule has 2 nitrogen and oxygen atoms in total. The Morgan fingerprint density at radius 1 is 1.19 bits per heavy atom. The molecule has 0 aliphatic rings. The van der Waals surface area contributed by atoms with Crippen molar-refractivity contribution in [1.29, 1.82) is 0 Å². The summed E-state index contributed by atoms with van der Waals surface area (Å²) in [6.45, 7) is 2.23. The van der Waals surface area contributed by atoms with Gasteiger partial charge in [-0.25, -0.2) is 0 Å². The van der Waals surface area contributed by atoms with Gasteiger partial charge in [-0.15, -0.1) is 0 Å². The molecule has 1 aromatic heterocycles. The lowest BCUT2D eigenvalue weighted by Crippen LogP contribution is -1.97. The van der Waals surface area contributed by atoms with Crippen molar-refractivity contribution in [3.8, 4) is 0 Å². The maximum Gasteiger partial charge on any atom is 0.0804 e. The third-order valence-corrected chi connectivity index (χ3v) is 2.90. The first kappa shape index (κ1) is 13.2. The Balaban J connectivity index is 2.09. The predicted octanol–water partition coefficient (Wildman–Crippen LogP) is 3.87. The van der Waals surface area contributed by atoms with Gasteiger partial charge in [-0.2, -0.15) is 0 Å². The third kappa shape index (κ3) is 5.26. The minimum Gasteiger partial charge on any atom is -0.388 e. The minimum absolute atomic E-state index is 0.333. The highest BCUT2D eigenvalue weighted by atomic mass is 16.3. The highest BCUT2D eigenvalue weighted by Crippen LogP contribution is 2.19. The van der Waals surface area contributed by atoms with Crippen LogP contribution < -0.4 is 0 Å². The number of aliphatic hydroxyl groups excluding tert-OH is 1. The van der Waals surface area contributed by atoms with Crippen molar-refractivity contribution >= 4 is 0 Å². The molecule has 0 radical (unpaired) electrons. The van der Waals surface area contributed by atoms with Crippen molar-refractivity contribution in [1.82, 2.24) is 4.98 Å². The van der Waals surface area contributed by atoms with Gasteiger partial charge in [0.2, 0.25) is 0 Å². The third-order valence-electron chi connectivity index (χ3n) is 2.90. The molecule has 0 saturated carbocycles. The van der Waals surface area contributed by atoms with Crippen LogP contribution in [0.1, 0.15) is 63.5 Å². The Morgan fingerprint density at radius 3 is 2.62 bits per heavy atom. The quantitative estimate of drug-likeness (QED) is 0.676. The molecular formula is C14H23NO. The SMILES string of the molecule is CCCCCCCCC(O)c1cccnc1. The van der Waals surface area contributed by atoms with Gasteiger partial charge in [0.15, 0.2) is 0 Å². The summed E-state index contributed by atoms with van der Waals surface area (Å²) < 4.78 is 0. The molecule has 90 valence electrons. The van der Waals surface area contributed by atoms with Crippen LogP contribution >= 0.6 is 0 Å². The van der Waals surface area contributed by atoms with Crippen LogP contribution in [0.25, 0.3) is 0 Å². The van der Waals surface area contributed by atoms with E-state index in [4.69, 9.17) is 0 Å². The fraction of sp³-hybridized carbons (Fsp3) is 0.643. The summed E-state index contributed by atoms with van der Waals surface area (Å²) in [6, 6.07) is 3.81. The average molecular weight is 221 g/mol. The molecular weight excluding hydrogens is 198 g/mol. The van der Waals surface area contributed by atoms with E-state index >= 15 is 0 Å². The molecule has 0 saturated heterocycles. The highest BCUT2D eigenvalue weighted by molar-refractivity contribution is 5.11. The molecule has 0 aliphatic carbocycles. The van der Waals surface area contributed by atoms with E-state index in [0.29, 0.717) is 0 Å². The lowest BCUT2D eigenvalue weighted by Gasteiger charge is -2.09. The maximum atomic E-state index is 9.88. The number of hydrogen-bond acceptors (Lipinski definition) is 2. The van der Waals surface area contributed by atoms with Gasteiger partial charge < -0.3 is 5.11 Å². The molecule has 1 rings (SSSR count). The minimum atomic E-state index is -0.333. The van der Waals surface area contributed by atoms with Gasteiger partial charge >= 0.3 is 0 Å². The van der Waals surface area contributed by atoms with Gasteiger partial charge in [-0.3, -0.25) is 4.98 Å². The van der Waals surface area contributed by atoms with Crippen molar-refractivity contribution in [3.63, 3.8) is 0 Å². The first-order chi connectivity index (χ1) is 7.84. The Bertz CT molecular complexity index is 261. The summed E-state index contributed by atoms with van der Waals surface area (Å²) >= 11 is 0. The Hall–Kier alpha value is -0.890. The van der Waals surface area contributed by atoms with Gasteiger partial charge in [-0.1, -0.05) is 51.5 Å². The highest BCUT2D eigenvalue weighted by Gasteiger charge is 2.06. The predicted molar refractivity (Wildman–Crippen MR) is 67.2 cm³/mol. The van der Waals surface area contributed by atoms with Gasteiger partial charge in [0.1, 0.15) is 0 Å². The van der Waals surface area contributed by atoms with Gasteiger partial charge in [-0.05, 0) is 18.1 Å². The first-order valence-electron chi connectivity index (χ1n) is 6.42. The van der Waals surface area contributed by atoms with Crippen molar-refractivity contribution in [3.05, 3.63) is 30.1 Å². The second-order valence-corrected chi connectivity index (χ2v) is 4.36. The van der Waals surface area contributed by atoms with Crippen LogP contribution in [0.15, 0.2) is 24.5 Å². The molecule has 0 bridgehead atoms. The molecule has 1 unspecified atom stereocenters. The van der Waals surface area contributed by atoms with Crippen LogP contribution in [0.4, 0.5) is 0 Å². The summed E-state index contributed by atoms with van der Waals surface area (Å²) in [6.07, 6.45) is 11.6. The zero-order valence-corrected chi connectivity index (χ0v) is 10.2. The molecule has 0 aliphatic heterocycles. The summed E-state index contributed by atoms with van der Waals surface area (Å²) in [7, 11) is 0. The standard InChI is InChI=1S/C14H23NO/c1-2-3-4-5-6-7-10-14(16)13-9-8-11-15-12-13/h8-9,11-12,14,16H,2-7,10H2,1H3. The van der Waals surface area contributed by atoms with Crippen LogP contribution in [0.5, 0.6) is 0 Å². The van der Waals surface area contributed by atoms with Crippen LogP contribution in [0.2, 0.25) is 0 Å². The van der Waals surface area contributed by atoms with Crippen LogP contribution in [-0.2, 0) is 0 Å². The van der Waals surface area contributed by atoms with Gasteiger partial charge in [0.25, 0.3) is 0 Å². The van der Waals surface area contributed by atoms with E-state index in [0.717, 1.165) is 18.4 Å². The summed E-state index contributed by atoms with van der Waals surface area (Å²) in [4.78, 5) is 4.01. The number of pyridine rings is 1. The van der Waals surface area contributed by atoms with Crippen LogP contribution in [0, 0.1) is 0 Å². The monoisotopic (exact) mass is 221 g/mol. The van der Waals surface area contributed by atoms with Crippen molar-refractivity contribution in [2.75, 3.05) is 0 Å². The number of rotatable bonds is 8. The number of hydrogen-bond donors (Lipinski definition) is 1. The number of aromatic nitrogens is 1. The van der Waals surface area contributed by atoms with Gasteiger partial charge in [0.05, 0.1) is 6.10 Å². The van der Waals surface area contributed by atoms with Crippen molar-refractivity contribution in [2.45, 2.75) is 58.0 Å². The van der Waals surface area contributed by atoms with Crippen LogP contribution in [0.3, 0.4) is 0 Å². The van der Waals surface area contributed by atoms with Crippen LogP contribution in [-0.4, -0.2) is 10.1 Å². The van der Waals surface area contributed by atoms with E-state index < -0.39 is 0 Å². The van der Waals surface area contributed by atoms with Crippen molar-refractivity contribution in [2.24, 2.45) is 0 Å². The van der Waals surface area contributed by atoms with E-state index in [9.17, 15) is 5.11 Å². The smallest absolute Gasteiger partial charge is 0.0804 e. The summed E-state index contributed by atoms with van der Waals surface area (Å²) in [5, 5.41) is 9.88. The average Bonchev–Trinajstić information content (AvgIpc) is 2.34. The molecule has 0 spiro atoms. The molecule has 0 amide bonds. The molecule has 0 fully saturated rings. The van der Waals surface area contributed by atoms with E-state index in [-0.39, 0.29) is 6.10 Å². The zero-order valence-electron chi connectivity index (χ0n) is 10.2. The van der Waals surface area contributed by atoms with Gasteiger partial charge in [0, 0.05) is 12.4 Å². The van der Waals surface area contributed by atoms with E-state index in [1.807, 2.05) is 12.1 Å². The number of unbranched alkanes of at least 4 members (excludes halogenated alkanes) is 5. The lowest BCUT2D eigenvalue weighted by molar-refractivity contribution is 0.163. The Morgan fingerprint density at radius 2 is 1.94 bits per heavy atom. The number of aliphatic hydroxyl groups is 1.